The van der Waals surface area contributed by atoms with Crippen LogP contribution in [-0.4, -0.2) is 11.5 Å². The highest BCUT2D eigenvalue weighted by molar-refractivity contribution is 7.11. The average molecular weight is 306 g/mol. The van der Waals surface area contributed by atoms with Gasteiger partial charge in [-0.1, -0.05) is 6.92 Å². The number of hydrogen-bond donors (Lipinski definition) is 1. The summed E-state index contributed by atoms with van der Waals surface area (Å²) in [5.41, 5.74) is 1.12. The van der Waals surface area contributed by atoms with E-state index in [0.29, 0.717) is 29.2 Å². The maximum absolute atomic E-state index is 12.6. The van der Waals surface area contributed by atoms with Crippen LogP contribution in [-0.2, 0) is 12.6 Å². The van der Waals surface area contributed by atoms with E-state index >= 15 is 0 Å². The molecule has 2 aromatic rings. The second kappa shape index (κ2) is 6.02. The Labute approximate surface area is 117 Å². The molecule has 104 valence electrons. The molecule has 1 N–H and O–H groups in total. The van der Waals surface area contributed by atoms with Gasteiger partial charge in [-0.15, -0.1) is 11.3 Å². The summed E-state index contributed by atoms with van der Waals surface area (Å²) < 4.78 is 37.7. The predicted molar refractivity (Wildman–Crippen MR) is 71.6 cm³/mol. The Kier molecular flexibility index (Phi) is 4.59. The molecule has 2 aromatic heterocycles. The standard InChI is InChI=1S/C12H13F3N2S2/c1-2-16-9(5-8-3-4-18-7-8)10-6-17-11(19-10)12(13,14)15/h3-4,6-7,9,16H,2,5H2,1H3. The van der Waals surface area contributed by atoms with Gasteiger partial charge >= 0.3 is 6.18 Å². The van der Waals surface area contributed by atoms with Gasteiger partial charge in [0, 0.05) is 17.1 Å². The van der Waals surface area contributed by atoms with Crippen molar-refractivity contribution in [1.82, 2.24) is 10.3 Å². The summed E-state index contributed by atoms with van der Waals surface area (Å²) in [5.74, 6) is 0. The number of likely N-dealkylation sites (N-methyl/N-ethyl adjacent to an activating group) is 1. The van der Waals surface area contributed by atoms with Crippen molar-refractivity contribution in [2.24, 2.45) is 0 Å². The lowest BCUT2D eigenvalue weighted by molar-refractivity contribution is -0.137. The van der Waals surface area contributed by atoms with Crippen LogP contribution in [0.4, 0.5) is 13.2 Å². The molecular weight excluding hydrogens is 293 g/mol. The zero-order valence-corrected chi connectivity index (χ0v) is 11.8. The van der Waals surface area contributed by atoms with Gasteiger partial charge in [-0.05, 0) is 35.4 Å². The fraction of sp³-hybridized carbons (Fsp3) is 0.417. The first kappa shape index (κ1) is 14.5. The van der Waals surface area contributed by atoms with Crippen LogP contribution < -0.4 is 5.32 Å². The smallest absolute Gasteiger partial charge is 0.309 e. The van der Waals surface area contributed by atoms with Gasteiger partial charge in [-0.2, -0.15) is 24.5 Å². The van der Waals surface area contributed by atoms with Crippen molar-refractivity contribution < 1.29 is 13.2 Å². The Morgan fingerprint density at radius 2 is 2.21 bits per heavy atom. The van der Waals surface area contributed by atoms with Gasteiger partial charge in [-0.3, -0.25) is 0 Å². The number of nitrogens with one attached hydrogen (secondary N) is 1. The third kappa shape index (κ3) is 3.77. The first-order chi connectivity index (χ1) is 9.00. The number of halogens is 3. The maximum Gasteiger partial charge on any atom is 0.443 e. The molecule has 0 saturated carbocycles. The molecule has 1 unspecified atom stereocenters. The number of hydrogen-bond acceptors (Lipinski definition) is 4. The largest absolute Gasteiger partial charge is 0.443 e. The van der Waals surface area contributed by atoms with Crippen molar-refractivity contribution in [1.29, 1.82) is 0 Å². The Balaban J connectivity index is 2.17. The number of thiophene rings is 1. The first-order valence-corrected chi connectivity index (χ1v) is 7.54. The Morgan fingerprint density at radius 3 is 2.74 bits per heavy atom. The maximum atomic E-state index is 12.6. The molecule has 2 nitrogen and oxygen atoms in total. The lowest BCUT2D eigenvalue weighted by atomic mass is 10.1. The summed E-state index contributed by atoms with van der Waals surface area (Å²) in [6, 6.07) is 1.87. The lowest BCUT2D eigenvalue weighted by Gasteiger charge is -2.15. The zero-order chi connectivity index (χ0) is 13.9. The molecule has 0 bridgehead atoms. The minimum Gasteiger partial charge on any atom is -0.309 e. The van der Waals surface area contributed by atoms with E-state index in [4.69, 9.17) is 0 Å². The third-order valence-electron chi connectivity index (χ3n) is 2.58. The summed E-state index contributed by atoms with van der Waals surface area (Å²) in [6.07, 6.45) is -2.36. The second-order valence-corrected chi connectivity index (χ2v) is 5.85. The van der Waals surface area contributed by atoms with Crippen LogP contribution in [0.1, 0.15) is 28.4 Å². The van der Waals surface area contributed by atoms with Crippen LogP contribution >= 0.6 is 22.7 Å². The summed E-state index contributed by atoms with van der Waals surface area (Å²) in [6.45, 7) is 2.64. The molecule has 0 aliphatic heterocycles. The molecule has 0 fully saturated rings. The average Bonchev–Trinajstić information content (AvgIpc) is 2.98. The molecule has 0 amide bonds. The van der Waals surface area contributed by atoms with Gasteiger partial charge in [0.25, 0.3) is 0 Å². The Morgan fingerprint density at radius 1 is 1.42 bits per heavy atom. The van der Waals surface area contributed by atoms with Gasteiger partial charge in [0.1, 0.15) is 0 Å². The van der Waals surface area contributed by atoms with Gasteiger partial charge < -0.3 is 5.32 Å². The van der Waals surface area contributed by atoms with Crippen molar-refractivity contribution in [2.45, 2.75) is 25.6 Å². The molecular formula is C12H13F3N2S2. The molecule has 0 aliphatic carbocycles. The van der Waals surface area contributed by atoms with Crippen LogP contribution in [0.3, 0.4) is 0 Å². The minimum absolute atomic E-state index is 0.117. The van der Waals surface area contributed by atoms with Crippen molar-refractivity contribution >= 4 is 22.7 Å². The second-order valence-electron chi connectivity index (χ2n) is 4.01. The molecule has 19 heavy (non-hydrogen) atoms. The van der Waals surface area contributed by atoms with E-state index in [-0.39, 0.29) is 6.04 Å². The highest BCUT2D eigenvalue weighted by atomic mass is 32.1. The fourth-order valence-corrected chi connectivity index (χ4v) is 3.28. The summed E-state index contributed by atoms with van der Waals surface area (Å²) >= 11 is 2.30. The number of thiazole rings is 1. The fourth-order valence-electron chi connectivity index (χ4n) is 1.74. The number of alkyl halides is 3. The van der Waals surface area contributed by atoms with Crippen LogP contribution in [0.25, 0.3) is 0 Å². The monoisotopic (exact) mass is 306 g/mol. The topological polar surface area (TPSA) is 24.9 Å². The van der Waals surface area contributed by atoms with E-state index in [2.05, 4.69) is 10.3 Å². The normalized spacial score (nSPS) is 13.7. The molecule has 7 heteroatoms. The Hall–Kier alpha value is -0.920. The zero-order valence-electron chi connectivity index (χ0n) is 10.2. The highest BCUT2D eigenvalue weighted by Gasteiger charge is 2.35. The van der Waals surface area contributed by atoms with Crippen molar-refractivity contribution in [3.05, 3.63) is 38.5 Å². The van der Waals surface area contributed by atoms with E-state index in [1.165, 1.54) is 6.20 Å². The third-order valence-corrected chi connectivity index (χ3v) is 4.47. The van der Waals surface area contributed by atoms with Crippen LogP contribution in [0.15, 0.2) is 23.0 Å². The first-order valence-electron chi connectivity index (χ1n) is 5.78. The predicted octanol–water partition coefficient (Wildman–Crippen LogP) is 4.12. The molecule has 0 aliphatic rings. The Bertz CT molecular complexity index is 505. The highest BCUT2D eigenvalue weighted by Crippen LogP contribution is 2.35. The van der Waals surface area contributed by atoms with E-state index in [0.717, 1.165) is 5.56 Å². The minimum atomic E-state index is -4.36. The summed E-state index contributed by atoms with van der Waals surface area (Å²) in [4.78, 5) is 4.10. The lowest BCUT2D eigenvalue weighted by Crippen LogP contribution is -2.21. The molecule has 1 atom stereocenters. The van der Waals surface area contributed by atoms with Crippen molar-refractivity contribution in [2.75, 3.05) is 6.54 Å². The van der Waals surface area contributed by atoms with Crippen LogP contribution in [0.2, 0.25) is 0 Å². The molecule has 0 radical (unpaired) electrons. The molecule has 2 rings (SSSR count). The van der Waals surface area contributed by atoms with Gasteiger partial charge in [0.15, 0.2) is 5.01 Å². The van der Waals surface area contributed by atoms with E-state index in [1.807, 2.05) is 23.8 Å². The number of rotatable bonds is 5. The molecule has 2 heterocycles. The van der Waals surface area contributed by atoms with E-state index in [9.17, 15) is 13.2 Å². The van der Waals surface area contributed by atoms with E-state index < -0.39 is 11.2 Å². The van der Waals surface area contributed by atoms with Gasteiger partial charge in [0.05, 0.1) is 0 Å². The van der Waals surface area contributed by atoms with Crippen LogP contribution in [0.5, 0.6) is 0 Å². The van der Waals surface area contributed by atoms with E-state index in [1.54, 1.807) is 11.3 Å². The molecule has 0 spiro atoms. The molecule has 0 aromatic carbocycles. The summed E-state index contributed by atoms with van der Waals surface area (Å²) in [7, 11) is 0. The van der Waals surface area contributed by atoms with Gasteiger partial charge in [-0.25, -0.2) is 4.98 Å². The molecule has 0 saturated heterocycles. The summed E-state index contributed by atoms with van der Waals surface area (Å²) in [5, 5.41) is 6.40. The number of aromatic nitrogens is 1. The van der Waals surface area contributed by atoms with Gasteiger partial charge in [0.2, 0.25) is 0 Å². The number of nitrogens with zero attached hydrogens (tertiary/aromatic N) is 1. The van der Waals surface area contributed by atoms with Crippen LogP contribution in [0, 0.1) is 0 Å². The SMILES string of the molecule is CCNC(Cc1ccsc1)c1cnc(C(F)(F)F)s1. The van der Waals surface area contributed by atoms with Crippen molar-refractivity contribution in [3.8, 4) is 0 Å². The quantitative estimate of drug-likeness (QED) is 0.899. The van der Waals surface area contributed by atoms with Crippen molar-refractivity contribution in [3.63, 3.8) is 0 Å².